The summed E-state index contributed by atoms with van der Waals surface area (Å²) in [5.74, 6) is 2.45. The first-order valence-corrected chi connectivity index (χ1v) is 7.18. The van der Waals surface area contributed by atoms with Crippen LogP contribution >= 0.6 is 0 Å². The molecule has 0 spiro atoms. The third kappa shape index (κ3) is 3.10. The largest absolute Gasteiger partial charge is 0.325 e. The Morgan fingerprint density at radius 3 is 2.94 bits per heavy atom. The van der Waals surface area contributed by atoms with E-state index in [1.807, 2.05) is 4.68 Å². The van der Waals surface area contributed by atoms with E-state index in [0.29, 0.717) is 5.92 Å². The molecule has 18 heavy (non-hydrogen) atoms. The van der Waals surface area contributed by atoms with Crippen molar-refractivity contribution in [3.8, 4) is 0 Å². The van der Waals surface area contributed by atoms with Gasteiger partial charge in [-0.05, 0) is 31.1 Å². The van der Waals surface area contributed by atoms with Crippen molar-refractivity contribution in [3.05, 3.63) is 12.2 Å². The van der Waals surface area contributed by atoms with Crippen LogP contribution in [0, 0.1) is 11.8 Å². The third-order valence-corrected chi connectivity index (χ3v) is 4.07. The highest BCUT2D eigenvalue weighted by atomic mass is 15.3. The van der Waals surface area contributed by atoms with E-state index in [0.717, 1.165) is 37.5 Å². The molecule has 102 valence electrons. The van der Waals surface area contributed by atoms with Gasteiger partial charge in [-0.2, -0.15) is 5.10 Å². The van der Waals surface area contributed by atoms with E-state index in [-0.39, 0.29) is 5.54 Å². The molecule has 0 amide bonds. The zero-order valence-electron chi connectivity index (χ0n) is 11.9. The number of hydrogen-bond donors (Lipinski definition) is 1. The first-order chi connectivity index (χ1) is 8.52. The van der Waals surface area contributed by atoms with Crippen LogP contribution in [0.3, 0.4) is 0 Å². The summed E-state index contributed by atoms with van der Waals surface area (Å²) < 4.78 is 2.03. The average Bonchev–Trinajstić information content (AvgIpc) is 2.86. The highest BCUT2D eigenvalue weighted by Gasteiger charge is 2.36. The number of nitrogens with zero attached hydrogens (tertiary/aromatic N) is 3. The fourth-order valence-electron chi connectivity index (χ4n) is 3.02. The van der Waals surface area contributed by atoms with Crippen LogP contribution in [0.25, 0.3) is 0 Å². The highest BCUT2D eigenvalue weighted by molar-refractivity contribution is 5.02. The maximum Gasteiger partial charge on any atom is 0.138 e. The SMILES string of the molecule is CCC1CCC(N)(Cc2ncnn2CC(C)C)C1. The zero-order valence-corrected chi connectivity index (χ0v) is 11.9. The second kappa shape index (κ2) is 5.39. The van der Waals surface area contributed by atoms with Gasteiger partial charge in [-0.25, -0.2) is 9.67 Å². The Bertz CT molecular complexity index is 385. The van der Waals surface area contributed by atoms with Crippen molar-refractivity contribution in [1.29, 1.82) is 0 Å². The topological polar surface area (TPSA) is 56.7 Å². The molecule has 1 heterocycles. The molecule has 1 aliphatic carbocycles. The van der Waals surface area contributed by atoms with Crippen LogP contribution in [0.2, 0.25) is 0 Å². The van der Waals surface area contributed by atoms with Gasteiger partial charge >= 0.3 is 0 Å². The van der Waals surface area contributed by atoms with E-state index in [1.54, 1.807) is 6.33 Å². The lowest BCUT2D eigenvalue weighted by molar-refractivity contribution is 0.379. The van der Waals surface area contributed by atoms with Gasteiger partial charge in [-0.15, -0.1) is 0 Å². The lowest BCUT2D eigenvalue weighted by Gasteiger charge is -2.24. The molecule has 1 aliphatic rings. The van der Waals surface area contributed by atoms with E-state index in [4.69, 9.17) is 5.73 Å². The minimum atomic E-state index is -0.0531. The molecule has 0 bridgehead atoms. The van der Waals surface area contributed by atoms with Gasteiger partial charge in [-0.3, -0.25) is 0 Å². The lowest BCUT2D eigenvalue weighted by atomic mass is 9.92. The smallest absolute Gasteiger partial charge is 0.138 e. The van der Waals surface area contributed by atoms with E-state index in [1.165, 1.54) is 12.8 Å². The van der Waals surface area contributed by atoms with Crippen molar-refractivity contribution in [3.63, 3.8) is 0 Å². The summed E-state index contributed by atoms with van der Waals surface area (Å²) >= 11 is 0. The van der Waals surface area contributed by atoms with Crippen LogP contribution in [-0.4, -0.2) is 20.3 Å². The van der Waals surface area contributed by atoms with Crippen LogP contribution in [0.5, 0.6) is 0 Å². The van der Waals surface area contributed by atoms with Crippen LogP contribution in [0.4, 0.5) is 0 Å². The van der Waals surface area contributed by atoms with E-state index in [2.05, 4.69) is 30.9 Å². The Hall–Kier alpha value is -0.900. The maximum atomic E-state index is 6.53. The van der Waals surface area contributed by atoms with Gasteiger partial charge in [0.15, 0.2) is 0 Å². The van der Waals surface area contributed by atoms with E-state index < -0.39 is 0 Å². The Kier molecular flexibility index (Phi) is 4.05. The van der Waals surface area contributed by atoms with Gasteiger partial charge in [0.2, 0.25) is 0 Å². The Morgan fingerprint density at radius 1 is 1.56 bits per heavy atom. The van der Waals surface area contributed by atoms with Gasteiger partial charge in [0, 0.05) is 18.5 Å². The molecule has 1 saturated carbocycles. The Labute approximate surface area is 110 Å². The van der Waals surface area contributed by atoms with Crippen molar-refractivity contribution in [1.82, 2.24) is 14.8 Å². The van der Waals surface area contributed by atoms with E-state index in [9.17, 15) is 0 Å². The molecule has 2 N–H and O–H groups in total. The number of nitrogens with two attached hydrogens (primary N) is 1. The molecular formula is C14H26N4. The molecule has 2 unspecified atom stereocenters. The van der Waals surface area contributed by atoms with Crippen LogP contribution in [-0.2, 0) is 13.0 Å². The summed E-state index contributed by atoms with van der Waals surface area (Å²) in [4.78, 5) is 4.40. The van der Waals surface area contributed by atoms with Gasteiger partial charge in [0.05, 0.1) is 0 Å². The van der Waals surface area contributed by atoms with Gasteiger partial charge in [0.1, 0.15) is 12.2 Å². The van der Waals surface area contributed by atoms with Crippen molar-refractivity contribution >= 4 is 0 Å². The molecule has 4 nitrogen and oxygen atoms in total. The molecule has 1 aromatic heterocycles. The molecule has 2 rings (SSSR count). The Morgan fingerprint density at radius 2 is 2.33 bits per heavy atom. The summed E-state index contributed by atoms with van der Waals surface area (Å²) in [5.41, 5.74) is 6.48. The summed E-state index contributed by atoms with van der Waals surface area (Å²) in [6.07, 6.45) is 7.31. The van der Waals surface area contributed by atoms with E-state index >= 15 is 0 Å². The van der Waals surface area contributed by atoms with Crippen molar-refractivity contribution in [2.45, 2.75) is 65.0 Å². The minimum absolute atomic E-state index is 0.0531. The first-order valence-electron chi connectivity index (χ1n) is 7.18. The summed E-state index contributed by atoms with van der Waals surface area (Å²) in [6, 6.07) is 0. The fourth-order valence-corrected chi connectivity index (χ4v) is 3.02. The molecule has 0 radical (unpaired) electrons. The number of aromatic nitrogens is 3. The van der Waals surface area contributed by atoms with Gasteiger partial charge in [0.25, 0.3) is 0 Å². The standard InChI is InChI=1S/C14H26N4/c1-4-12-5-6-14(15,7-12)8-13-16-10-17-18(13)9-11(2)3/h10-12H,4-9,15H2,1-3H3. The molecule has 0 aliphatic heterocycles. The van der Waals surface area contributed by atoms with Gasteiger partial charge in [-0.1, -0.05) is 27.2 Å². The minimum Gasteiger partial charge on any atom is -0.325 e. The maximum absolute atomic E-state index is 6.53. The Balaban J connectivity index is 2.03. The lowest BCUT2D eigenvalue weighted by Crippen LogP contribution is -2.40. The van der Waals surface area contributed by atoms with Crippen molar-refractivity contribution in [2.24, 2.45) is 17.6 Å². The summed E-state index contributed by atoms with van der Waals surface area (Å²) in [7, 11) is 0. The second-order valence-corrected chi connectivity index (χ2v) is 6.31. The van der Waals surface area contributed by atoms with Crippen LogP contribution in [0.1, 0.15) is 52.3 Å². The second-order valence-electron chi connectivity index (χ2n) is 6.31. The fraction of sp³-hybridized carbons (Fsp3) is 0.857. The number of rotatable bonds is 5. The first kappa shape index (κ1) is 13.5. The van der Waals surface area contributed by atoms with Crippen molar-refractivity contribution in [2.75, 3.05) is 0 Å². The molecular weight excluding hydrogens is 224 g/mol. The third-order valence-electron chi connectivity index (χ3n) is 4.07. The monoisotopic (exact) mass is 250 g/mol. The molecule has 0 saturated heterocycles. The van der Waals surface area contributed by atoms with Crippen LogP contribution in [0.15, 0.2) is 6.33 Å². The summed E-state index contributed by atoms with van der Waals surface area (Å²) in [6.45, 7) is 7.60. The van der Waals surface area contributed by atoms with Crippen molar-refractivity contribution < 1.29 is 0 Å². The molecule has 4 heteroatoms. The highest BCUT2D eigenvalue weighted by Crippen LogP contribution is 2.36. The predicted octanol–water partition coefficient (Wildman–Crippen LogP) is 2.38. The zero-order chi connectivity index (χ0) is 13.2. The molecule has 0 aromatic carbocycles. The average molecular weight is 250 g/mol. The molecule has 1 aromatic rings. The summed E-state index contributed by atoms with van der Waals surface area (Å²) in [5, 5.41) is 4.32. The van der Waals surface area contributed by atoms with Gasteiger partial charge < -0.3 is 5.73 Å². The normalized spacial score (nSPS) is 28.2. The predicted molar refractivity (Wildman–Crippen MR) is 73.1 cm³/mol. The molecule has 1 fully saturated rings. The molecule has 2 atom stereocenters. The number of hydrogen-bond acceptors (Lipinski definition) is 3. The quantitative estimate of drug-likeness (QED) is 0.873. The van der Waals surface area contributed by atoms with Crippen LogP contribution < -0.4 is 5.73 Å².